The number of fused-ring (bicyclic) bond motifs is 1. The number of rotatable bonds is 1. The Kier molecular flexibility index (Phi) is 1.59. The third-order valence-electron chi connectivity index (χ3n) is 2.24. The molecule has 15 heavy (non-hydrogen) atoms. The van der Waals surface area contributed by atoms with E-state index in [1.165, 1.54) is 16.8 Å². The van der Waals surface area contributed by atoms with E-state index in [1.807, 2.05) is 0 Å². The molecule has 0 aromatic carbocycles. The van der Waals surface area contributed by atoms with Gasteiger partial charge in [-0.3, -0.25) is 9.13 Å². The minimum atomic E-state index is -2.54. The molecular weight excluding hydrogens is 214 g/mol. The van der Waals surface area contributed by atoms with Gasteiger partial charge in [0.15, 0.2) is 0 Å². The Morgan fingerprint density at radius 1 is 1.53 bits per heavy atom. The number of aryl methyl sites for hydroxylation is 1. The minimum Gasteiger partial charge on any atom is -0.293 e. The molecule has 2 rings (SSSR count). The first-order chi connectivity index (χ1) is 8.23. The van der Waals surface area contributed by atoms with Gasteiger partial charge < -0.3 is 0 Å². The predicted octanol–water partition coefficient (Wildman–Crippen LogP) is 1.97. The van der Waals surface area contributed by atoms with Gasteiger partial charge in [-0.05, 0) is 13.8 Å². The van der Waals surface area contributed by atoms with E-state index in [0.29, 0.717) is 5.52 Å². The van der Waals surface area contributed by atoms with Gasteiger partial charge in [-0.25, -0.2) is 9.78 Å². The molecule has 0 unspecified atom stereocenters. The van der Waals surface area contributed by atoms with E-state index in [1.54, 1.807) is 13.8 Å². The zero-order chi connectivity index (χ0) is 13.7. The Labute approximate surface area is 96.3 Å². The third-order valence-corrected chi connectivity index (χ3v) is 2.45. The van der Waals surface area contributed by atoms with Crippen LogP contribution in [0, 0.1) is 0 Å². The van der Waals surface area contributed by atoms with Crippen LogP contribution in [0.25, 0.3) is 11.0 Å². The average Bonchev–Trinajstić information content (AvgIpc) is 2.48. The van der Waals surface area contributed by atoms with Crippen molar-refractivity contribution in [2.24, 2.45) is 6.98 Å². The van der Waals surface area contributed by atoms with Crippen molar-refractivity contribution in [2.45, 2.75) is 19.9 Å². The molecule has 5 heteroatoms. The summed E-state index contributed by atoms with van der Waals surface area (Å²) in [4.78, 5) is 16.0. The van der Waals surface area contributed by atoms with Crippen molar-refractivity contribution in [3.8, 4) is 0 Å². The number of nitrogens with zero attached hydrogens (tertiary/aromatic N) is 3. The van der Waals surface area contributed by atoms with Crippen LogP contribution in [0.2, 0.25) is 5.15 Å². The zero-order valence-corrected chi connectivity index (χ0v) is 9.12. The average molecular weight is 229 g/mol. The summed E-state index contributed by atoms with van der Waals surface area (Å²) in [6, 6.07) is 1.34. The molecule has 0 saturated heterocycles. The van der Waals surface area contributed by atoms with Crippen LogP contribution in [0.1, 0.15) is 24.0 Å². The van der Waals surface area contributed by atoms with Crippen LogP contribution in [0.5, 0.6) is 0 Å². The second-order valence-corrected chi connectivity index (χ2v) is 3.96. The van der Waals surface area contributed by atoms with Crippen LogP contribution in [-0.2, 0) is 6.98 Å². The van der Waals surface area contributed by atoms with E-state index in [-0.39, 0.29) is 16.7 Å². The van der Waals surface area contributed by atoms with E-state index in [2.05, 4.69) is 4.98 Å². The van der Waals surface area contributed by atoms with Gasteiger partial charge in [0.25, 0.3) is 0 Å². The first kappa shape index (κ1) is 7.06. The molecule has 2 heterocycles. The first-order valence-electron chi connectivity index (χ1n) is 6.02. The highest BCUT2D eigenvalue weighted by atomic mass is 35.5. The molecule has 4 nitrogen and oxygen atoms in total. The number of halogens is 1. The molecule has 80 valence electrons. The van der Waals surface area contributed by atoms with Crippen LogP contribution < -0.4 is 5.69 Å². The van der Waals surface area contributed by atoms with Gasteiger partial charge in [-0.1, -0.05) is 11.6 Å². The third kappa shape index (κ3) is 1.45. The fourth-order valence-electron chi connectivity index (χ4n) is 1.59. The summed E-state index contributed by atoms with van der Waals surface area (Å²) in [7, 11) is 0. The molecule has 0 bridgehead atoms. The van der Waals surface area contributed by atoms with Gasteiger partial charge in [0.1, 0.15) is 5.15 Å². The van der Waals surface area contributed by atoms with Crippen LogP contribution in [0.4, 0.5) is 0 Å². The molecule has 2 aromatic rings. The van der Waals surface area contributed by atoms with Gasteiger partial charge >= 0.3 is 5.69 Å². The quantitative estimate of drug-likeness (QED) is 0.701. The van der Waals surface area contributed by atoms with Crippen LogP contribution >= 0.6 is 11.6 Å². The number of aromatic nitrogens is 3. The molecule has 0 aliphatic rings. The molecule has 0 aliphatic heterocycles. The fraction of sp³-hybridized carbons (Fsp3) is 0.400. The fourth-order valence-corrected chi connectivity index (χ4v) is 1.74. The largest absolute Gasteiger partial charge is 0.329 e. The highest BCUT2D eigenvalue weighted by Crippen LogP contribution is 2.18. The van der Waals surface area contributed by atoms with Crippen LogP contribution in [0.3, 0.4) is 0 Å². The van der Waals surface area contributed by atoms with Crippen molar-refractivity contribution < 1.29 is 4.11 Å². The van der Waals surface area contributed by atoms with Gasteiger partial charge in [-0.15, -0.1) is 0 Å². The number of imidazole rings is 1. The number of hydrogen-bond donors (Lipinski definition) is 0. The summed E-state index contributed by atoms with van der Waals surface area (Å²) in [6.45, 7) is 1.07. The van der Waals surface area contributed by atoms with Crippen molar-refractivity contribution >= 4 is 22.6 Å². The highest BCUT2D eigenvalue weighted by molar-refractivity contribution is 6.29. The van der Waals surface area contributed by atoms with E-state index in [4.69, 9.17) is 15.7 Å². The molecule has 0 fully saturated rings. The normalized spacial score (nSPS) is 15.3. The Balaban J connectivity index is 2.97. The van der Waals surface area contributed by atoms with Crippen molar-refractivity contribution in [1.29, 1.82) is 0 Å². The van der Waals surface area contributed by atoms with E-state index in [0.717, 1.165) is 4.57 Å². The minimum absolute atomic E-state index is 0.165. The number of hydrogen-bond acceptors (Lipinski definition) is 2. The molecule has 2 aromatic heterocycles. The molecule has 0 saturated carbocycles. The Hall–Kier alpha value is -1.29. The van der Waals surface area contributed by atoms with E-state index < -0.39 is 12.7 Å². The molecule has 0 radical (unpaired) electrons. The maximum Gasteiger partial charge on any atom is 0.329 e. The molecular formula is C10H12ClN3O. The Morgan fingerprint density at radius 3 is 2.87 bits per heavy atom. The van der Waals surface area contributed by atoms with Crippen molar-refractivity contribution in [1.82, 2.24) is 14.1 Å². The molecule has 0 N–H and O–H groups in total. The van der Waals surface area contributed by atoms with Gasteiger partial charge in [0, 0.05) is 23.2 Å². The van der Waals surface area contributed by atoms with Crippen molar-refractivity contribution in [3.63, 3.8) is 0 Å². The summed E-state index contributed by atoms with van der Waals surface area (Å²) in [5.74, 6) is 0. The van der Waals surface area contributed by atoms with Gasteiger partial charge in [0.2, 0.25) is 0 Å². The summed E-state index contributed by atoms with van der Waals surface area (Å²) < 4.78 is 24.4. The lowest BCUT2D eigenvalue weighted by molar-refractivity contribution is 0.583. The van der Waals surface area contributed by atoms with Gasteiger partial charge in [0.05, 0.1) is 17.2 Å². The maximum atomic E-state index is 12.2. The van der Waals surface area contributed by atoms with Crippen LogP contribution in [-0.4, -0.2) is 14.1 Å². The van der Waals surface area contributed by atoms with Gasteiger partial charge in [-0.2, -0.15) is 0 Å². The second-order valence-electron chi connectivity index (χ2n) is 3.58. The monoisotopic (exact) mass is 228 g/mol. The number of pyridine rings is 1. The lowest BCUT2D eigenvalue weighted by atomic mass is 10.3. The molecule has 0 amide bonds. The maximum absolute atomic E-state index is 12.2. The summed E-state index contributed by atoms with van der Waals surface area (Å²) in [6.07, 6.45) is 1.31. The van der Waals surface area contributed by atoms with Crippen LogP contribution in [0.15, 0.2) is 17.1 Å². The summed E-state index contributed by atoms with van der Waals surface area (Å²) >= 11 is 5.79. The van der Waals surface area contributed by atoms with Crippen molar-refractivity contribution in [2.75, 3.05) is 0 Å². The second kappa shape index (κ2) is 3.38. The Bertz CT molecular complexity index is 657. The SMILES string of the molecule is [2H]C([2H])([2H])n1c(=O)n(C(C)C)c2cc(Cl)ncc21. The zero-order valence-electron chi connectivity index (χ0n) is 11.4. The summed E-state index contributed by atoms with van der Waals surface area (Å²) in [5.41, 5.74) is 0.160. The smallest absolute Gasteiger partial charge is 0.293 e. The molecule has 0 atom stereocenters. The lowest BCUT2D eigenvalue weighted by Crippen LogP contribution is -2.23. The van der Waals surface area contributed by atoms with E-state index in [9.17, 15) is 4.79 Å². The van der Waals surface area contributed by atoms with E-state index >= 15 is 0 Å². The summed E-state index contributed by atoms with van der Waals surface area (Å²) in [5, 5.41) is 0.222. The molecule has 0 spiro atoms. The molecule has 0 aliphatic carbocycles. The lowest BCUT2D eigenvalue weighted by Gasteiger charge is -2.06. The highest BCUT2D eigenvalue weighted by Gasteiger charge is 2.13. The van der Waals surface area contributed by atoms with Crippen molar-refractivity contribution in [3.05, 3.63) is 27.9 Å². The predicted molar refractivity (Wildman–Crippen MR) is 60.4 cm³/mol. The Morgan fingerprint density at radius 2 is 2.27 bits per heavy atom. The standard InChI is InChI=1S/C10H12ClN3O/c1-6(2)14-7-4-9(11)12-5-8(7)13(3)10(14)15/h4-6H,1-3H3/i3D3. The topological polar surface area (TPSA) is 39.8 Å². The first-order valence-corrected chi connectivity index (χ1v) is 4.90.